The molecule has 1 heterocycles. The highest BCUT2D eigenvalue weighted by atomic mass is 19.3. The van der Waals surface area contributed by atoms with Crippen LogP contribution in [-0.2, 0) is 6.54 Å². The maximum Gasteiger partial charge on any atom is 0.339 e. The Morgan fingerprint density at radius 1 is 1.67 bits per heavy atom. The van der Waals surface area contributed by atoms with Gasteiger partial charge in [-0.3, -0.25) is 4.68 Å². The van der Waals surface area contributed by atoms with E-state index in [2.05, 4.69) is 5.10 Å². The summed E-state index contributed by atoms with van der Waals surface area (Å²) in [7, 11) is 0. The van der Waals surface area contributed by atoms with Crippen molar-refractivity contribution in [2.24, 2.45) is 0 Å². The van der Waals surface area contributed by atoms with Crippen molar-refractivity contribution in [3.63, 3.8) is 0 Å². The van der Waals surface area contributed by atoms with Gasteiger partial charge in [-0.25, -0.2) is 13.6 Å². The summed E-state index contributed by atoms with van der Waals surface area (Å²) in [5.41, 5.74) is 0.501. The van der Waals surface area contributed by atoms with Crippen LogP contribution in [0.15, 0.2) is 6.20 Å². The fraction of sp³-hybridized carbons (Fsp3) is 0.556. The molecule has 0 amide bonds. The number of carbonyl (C=O) groups is 1. The number of aromatic carboxylic acids is 1. The number of alkyl halides is 2. The van der Waals surface area contributed by atoms with Gasteiger partial charge >= 0.3 is 5.97 Å². The van der Waals surface area contributed by atoms with Gasteiger partial charge in [0.2, 0.25) is 0 Å². The second kappa shape index (κ2) is 3.60. The Morgan fingerprint density at radius 2 is 2.33 bits per heavy atom. The van der Waals surface area contributed by atoms with Crippen molar-refractivity contribution in [1.29, 1.82) is 0 Å². The zero-order valence-corrected chi connectivity index (χ0v) is 7.86. The van der Waals surface area contributed by atoms with Crippen LogP contribution >= 0.6 is 0 Å². The molecule has 1 aliphatic carbocycles. The molecule has 1 N–H and O–H groups in total. The minimum atomic E-state index is -2.52. The van der Waals surface area contributed by atoms with Gasteiger partial charge in [0, 0.05) is 12.1 Å². The maximum absolute atomic E-state index is 12.1. The molecule has 0 atom stereocenters. The third-order valence-corrected chi connectivity index (χ3v) is 2.31. The lowest BCUT2D eigenvalue weighted by Gasteiger charge is -1.97. The van der Waals surface area contributed by atoms with Crippen LogP contribution in [0.25, 0.3) is 0 Å². The lowest BCUT2D eigenvalue weighted by molar-refractivity contribution is 0.0694. The van der Waals surface area contributed by atoms with Crippen molar-refractivity contribution in [2.45, 2.75) is 31.7 Å². The topological polar surface area (TPSA) is 55.1 Å². The van der Waals surface area contributed by atoms with Crippen molar-refractivity contribution < 1.29 is 18.7 Å². The molecule has 0 unspecified atom stereocenters. The quantitative estimate of drug-likeness (QED) is 0.833. The summed E-state index contributed by atoms with van der Waals surface area (Å²) in [6.07, 6.45) is 0.457. The summed E-state index contributed by atoms with van der Waals surface area (Å²) < 4.78 is 25.2. The Balaban J connectivity index is 2.27. The molecule has 1 saturated carbocycles. The summed E-state index contributed by atoms with van der Waals surface area (Å²) in [6.45, 7) is -0.549. The van der Waals surface area contributed by atoms with Gasteiger partial charge in [0.1, 0.15) is 12.1 Å². The van der Waals surface area contributed by atoms with Crippen molar-refractivity contribution in [1.82, 2.24) is 9.78 Å². The molecular weight excluding hydrogens is 206 g/mol. The van der Waals surface area contributed by atoms with Gasteiger partial charge in [-0.15, -0.1) is 0 Å². The van der Waals surface area contributed by atoms with Crippen molar-refractivity contribution in [2.75, 3.05) is 0 Å². The van der Waals surface area contributed by atoms with Gasteiger partial charge in [0.25, 0.3) is 6.43 Å². The van der Waals surface area contributed by atoms with Crippen molar-refractivity contribution in [3.05, 3.63) is 17.5 Å². The normalized spacial score (nSPS) is 15.9. The van der Waals surface area contributed by atoms with Crippen LogP contribution in [0.5, 0.6) is 0 Å². The zero-order chi connectivity index (χ0) is 11.0. The Hall–Kier alpha value is -1.46. The van der Waals surface area contributed by atoms with Crippen LogP contribution in [-0.4, -0.2) is 27.3 Å². The molecule has 1 aromatic heterocycles. The highest BCUT2D eigenvalue weighted by Crippen LogP contribution is 2.40. The Kier molecular flexibility index (Phi) is 2.42. The number of carboxylic acids is 1. The average Bonchev–Trinajstić information content (AvgIpc) is 2.87. The Morgan fingerprint density at radius 3 is 2.80 bits per heavy atom. The molecule has 0 saturated heterocycles. The van der Waals surface area contributed by atoms with Crippen LogP contribution in [0.4, 0.5) is 8.78 Å². The van der Waals surface area contributed by atoms with Crippen LogP contribution in [0.3, 0.4) is 0 Å². The molecule has 2 rings (SSSR count). The molecule has 4 nitrogen and oxygen atoms in total. The van der Waals surface area contributed by atoms with E-state index in [1.807, 2.05) is 0 Å². The molecule has 82 valence electrons. The van der Waals surface area contributed by atoms with Crippen molar-refractivity contribution >= 4 is 5.97 Å². The SMILES string of the molecule is O=C(O)c1cn(CC(F)F)nc1C1CC1. The van der Waals surface area contributed by atoms with Gasteiger partial charge < -0.3 is 5.11 Å². The monoisotopic (exact) mass is 216 g/mol. The van der Waals surface area contributed by atoms with E-state index in [0.717, 1.165) is 17.5 Å². The minimum absolute atomic E-state index is 0.0538. The van der Waals surface area contributed by atoms with E-state index in [9.17, 15) is 13.6 Å². The highest BCUT2D eigenvalue weighted by molar-refractivity contribution is 5.89. The number of nitrogens with zero attached hydrogens (tertiary/aromatic N) is 2. The molecule has 0 bridgehead atoms. The first-order valence-corrected chi connectivity index (χ1v) is 4.66. The minimum Gasteiger partial charge on any atom is -0.478 e. The van der Waals surface area contributed by atoms with Crippen LogP contribution in [0, 0.1) is 0 Å². The van der Waals surface area contributed by atoms with E-state index in [1.165, 1.54) is 6.20 Å². The van der Waals surface area contributed by atoms with Gasteiger partial charge in [-0.05, 0) is 12.8 Å². The van der Waals surface area contributed by atoms with Gasteiger partial charge in [0.05, 0.1) is 5.69 Å². The predicted molar refractivity (Wildman–Crippen MR) is 47.2 cm³/mol. The lowest BCUT2D eigenvalue weighted by Crippen LogP contribution is -2.07. The number of aromatic nitrogens is 2. The number of halogens is 2. The molecule has 0 aromatic carbocycles. The second-order valence-electron chi connectivity index (χ2n) is 3.62. The van der Waals surface area contributed by atoms with E-state index < -0.39 is 18.9 Å². The summed E-state index contributed by atoms with van der Waals surface area (Å²) >= 11 is 0. The van der Waals surface area contributed by atoms with E-state index in [4.69, 9.17) is 5.11 Å². The fourth-order valence-electron chi connectivity index (χ4n) is 1.49. The van der Waals surface area contributed by atoms with Crippen molar-refractivity contribution in [3.8, 4) is 0 Å². The zero-order valence-electron chi connectivity index (χ0n) is 7.86. The molecule has 0 aliphatic heterocycles. The summed E-state index contributed by atoms with van der Waals surface area (Å²) in [5, 5.41) is 12.7. The van der Waals surface area contributed by atoms with E-state index in [1.54, 1.807) is 0 Å². The predicted octanol–water partition coefficient (Wildman–Crippen LogP) is 1.72. The van der Waals surface area contributed by atoms with Gasteiger partial charge in [-0.1, -0.05) is 0 Å². The maximum atomic E-state index is 12.1. The van der Waals surface area contributed by atoms with Gasteiger partial charge in [0.15, 0.2) is 0 Å². The van der Waals surface area contributed by atoms with Crippen LogP contribution in [0.2, 0.25) is 0 Å². The first-order valence-electron chi connectivity index (χ1n) is 4.66. The molecule has 6 heteroatoms. The number of carboxylic acid groups (broad SMARTS) is 1. The smallest absolute Gasteiger partial charge is 0.339 e. The molecule has 1 aromatic rings. The summed E-state index contributed by atoms with van der Waals surface area (Å²) in [4.78, 5) is 10.8. The largest absolute Gasteiger partial charge is 0.478 e. The van der Waals surface area contributed by atoms with E-state index in [-0.39, 0.29) is 11.5 Å². The second-order valence-corrected chi connectivity index (χ2v) is 3.62. The van der Waals surface area contributed by atoms with Crippen LogP contribution in [0.1, 0.15) is 34.8 Å². The first kappa shape index (κ1) is 10.1. The lowest BCUT2D eigenvalue weighted by atomic mass is 10.2. The number of hydrogen-bond acceptors (Lipinski definition) is 2. The Labute approximate surface area is 84.5 Å². The fourth-order valence-corrected chi connectivity index (χ4v) is 1.49. The summed E-state index contributed by atoms with van der Waals surface area (Å²) in [6, 6.07) is 0. The molecule has 0 spiro atoms. The molecule has 1 fully saturated rings. The highest BCUT2D eigenvalue weighted by Gasteiger charge is 2.31. The first-order chi connectivity index (χ1) is 7.08. The standard InChI is InChI=1S/C9H10F2N2O2/c10-7(11)4-13-3-6(9(14)15)8(12-13)5-1-2-5/h3,5,7H,1-2,4H2,(H,14,15). The summed E-state index contributed by atoms with van der Waals surface area (Å²) in [5.74, 6) is -0.951. The number of hydrogen-bond donors (Lipinski definition) is 1. The third-order valence-electron chi connectivity index (χ3n) is 2.31. The molecule has 0 radical (unpaired) electrons. The average molecular weight is 216 g/mol. The van der Waals surface area contributed by atoms with E-state index in [0.29, 0.717) is 5.69 Å². The van der Waals surface area contributed by atoms with Gasteiger partial charge in [-0.2, -0.15) is 5.10 Å². The third kappa shape index (κ3) is 2.14. The molecule has 15 heavy (non-hydrogen) atoms. The van der Waals surface area contributed by atoms with Crippen LogP contribution < -0.4 is 0 Å². The molecular formula is C9H10F2N2O2. The Bertz CT molecular complexity index is 385. The number of rotatable bonds is 4. The molecule has 1 aliphatic rings. The van der Waals surface area contributed by atoms with E-state index >= 15 is 0 Å².